The van der Waals surface area contributed by atoms with Gasteiger partial charge in [-0.05, 0) is 17.7 Å². The molecule has 0 saturated carbocycles. The lowest BCUT2D eigenvalue weighted by Gasteiger charge is -2.10. The Hall–Kier alpha value is -0.910. The van der Waals surface area contributed by atoms with E-state index in [1.807, 2.05) is 0 Å². The highest BCUT2D eigenvalue weighted by atomic mass is 79.9. The lowest BCUT2D eigenvalue weighted by Crippen LogP contribution is -2.09. The lowest BCUT2D eigenvalue weighted by atomic mass is 10.1. The monoisotopic (exact) mass is 284 g/mol. The Morgan fingerprint density at radius 2 is 1.93 bits per heavy atom. The van der Waals surface area contributed by atoms with Crippen molar-refractivity contribution in [1.29, 1.82) is 0 Å². The second-order valence-corrected chi connectivity index (χ2v) is 3.76. The fourth-order valence-electron chi connectivity index (χ4n) is 1.01. The third-order valence-corrected chi connectivity index (χ3v) is 2.48. The van der Waals surface area contributed by atoms with Crippen LogP contribution in [0, 0.1) is 5.82 Å². The standard InChI is InChI=1S/C9H5BrF4O/c10-7(4-15)5-1-2-8(11)6(3-5)9(12,13)14/h1-4,7H/t7-/m1/s1. The number of alkyl halides is 4. The second-order valence-electron chi connectivity index (χ2n) is 2.77. The minimum Gasteiger partial charge on any atom is -0.302 e. The molecule has 0 aliphatic carbocycles. The molecule has 0 amide bonds. The Labute approximate surface area is 91.2 Å². The minimum atomic E-state index is -4.75. The van der Waals surface area contributed by atoms with Crippen LogP contribution in [-0.2, 0) is 11.0 Å². The first kappa shape index (κ1) is 12.2. The van der Waals surface area contributed by atoms with Gasteiger partial charge in [0.2, 0.25) is 0 Å². The third kappa shape index (κ3) is 2.77. The van der Waals surface area contributed by atoms with E-state index in [2.05, 4.69) is 15.9 Å². The molecule has 0 aromatic heterocycles. The van der Waals surface area contributed by atoms with Crippen LogP contribution in [0.3, 0.4) is 0 Å². The molecule has 0 aliphatic rings. The van der Waals surface area contributed by atoms with Crippen LogP contribution < -0.4 is 0 Å². The van der Waals surface area contributed by atoms with Crippen LogP contribution in [-0.4, -0.2) is 6.29 Å². The maximum absolute atomic E-state index is 12.8. The van der Waals surface area contributed by atoms with Crippen molar-refractivity contribution in [3.63, 3.8) is 0 Å². The molecule has 0 spiro atoms. The van der Waals surface area contributed by atoms with Crippen molar-refractivity contribution in [1.82, 2.24) is 0 Å². The summed E-state index contributed by atoms with van der Waals surface area (Å²) in [6.45, 7) is 0. The van der Waals surface area contributed by atoms with E-state index in [4.69, 9.17) is 0 Å². The zero-order chi connectivity index (χ0) is 11.6. The van der Waals surface area contributed by atoms with Gasteiger partial charge in [0.15, 0.2) is 0 Å². The number of rotatable bonds is 2. The lowest BCUT2D eigenvalue weighted by molar-refractivity contribution is -0.140. The predicted octanol–water partition coefficient (Wildman–Crippen LogP) is 3.48. The molecule has 1 nitrogen and oxygen atoms in total. The molecule has 0 unspecified atom stereocenters. The van der Waals surface area contributed by atoms with Gasteiger partial charge in [-0.3, -0.25) is 0 Å². The molecule has 0 aliphatic heterocycles. The van der Waals surface area contributed by atoms with Gasteiger partial charge in [0, 0.05) is 0 Å². The second kappa shape index (κ2) is 4.30. The average Bonchev–Trinajstić information content (AvgIpc) is 2.15. The number of carbonyl (C=O) groups excluding carboxylic acids is 1. The summed E-state index contributed by atoms with van der Waals surface area (Å²) in [5.41, 5.74) is -1.30. The Balaban J connectivity index is 3.22. The van der Waals surface area contributed by atoms with Crippen molar-refractivity contribution in [2.75, 3.05) is 0 Å². The van der Waals surface area contributed by atoms with Crippen molar-refractivity contribution >= 4 is 22.2 Å². The highest BCUT2D eigenvalue weighted by Crippen LogP contribution is 2.33. The number of carbonyl (C=O) groups is 1. The van der Waals surface area contributed by atoms with Gasteiger partial charge in [-0.1, -0.05) is 22.0 Å². The summed E-state index contributed by atoms with van der Waals surface area (Å²) in [4.78, 5) is 9.47. The average molecular weight is 285 g/mol. The first-order chi connectivity index (χ1) is 6.86. The third-order valence-electron chi connectivity index (χ3n) is 1.73. The van der Waals surface area contributed by atoms with Gasteiger partial charge in [-0.15, -0.1) is 0 Å². The highest BCUT2D eigenvalue weighted by Gasteiger charge is 2.34. The Morgan fingerprint density at radius 3 is 2.40 bits per heavy atom. The molecule has 0 saturated heterocycles. The Kier molecular flexibility index (Phi) is 3.49. The maximum atomic E-state index is 12.8. The minimum absolute atomic E-state index is 0.0683. The predicted molar refractivity (Wildman–Crippen MR) is 49.1 cm³/mol. The number of benzene rings is 1. The van der Waals surface area contributed by atoms with Gasteiger partial charge in [-0.25, -0.2) is 4.39 Å². The van der Waals surface area contributed by atoms with E-state index < -0.39 is 22.4 Å². The zero-order valence-electron chi connectivity index (χ0n) is 7.18. The van der Waals surface area contributed by atoms with E-state index in [0.29, 0.717) is 18.4 Å². The van der Waals surface area contributed by atoms with Gasteiger partial charge in [0.1, 0.15) is 12.1 Å². The number of hydrogen-bond donors (Lipinski definition) is 0. The molecular formula is C9H5BrF4O. The summed E-state index contributed by atoms with van der Waals surface area (Å²) >= 11 is 2.85. The normalized spacial score (nSPS) is 13.7. The van der Waals surface area contributed by atoms with Crippen LogP contribution in [0.25, 0.3) is 0 Å². The SMILES string of the molecule is O=C[C@@H](Br)c1ccc(F)c(C(F)(F)F)c1. The zero-order valence-corrected chi connectivity index (χ0v) is 8.77. The molecule has 1 aromatic carbocycles. The molecule has 82 valence electrons. The van der Waals surface area contributed by atoms with Gasteiger partial charge < -0.3 is 4.79 Å². The summed E-state index contributed by atoms with van der Waals surface area (Å²) < 4.78 is 49.6. The molecule has 0 radical (unpaired) electrons. The molecule has 0 bridgehead atoms. The van der Waals surface area contributed by atoms with Crippen molar-refractivity contribution in [3.05, 3.63) is 35.1 Å². The van der Waals surface area contributed by atoms with E-state index >= 15 is 0 Å². The number of aldehydes is 1. The van der Waals surface area contributed by atoms with Gasteiger partial charge in [0.05, 0.1) is 10.4 Å². The van der Waals surface area contributed by atoms with Crippen LogP contribution in [0.5, 0.6) is 0 Å². The van der Waals surface area contributed by atoms with Crippen molar-refractivity contribution in [2.45, 2.75) is 11.0 Å². The number of halogens is 5. The van der Waals surface area contributed by atoms with Crippen LogP contribution in [0.15, 0.2) is 18.2 Å². The maximum Gasteiger partial charge on any atom is 0.419 e. The molecule has 1 aromatic rings. The smallest absolute Gasteiger partial charge is 0.302 e. The van der Waals surface area contributed by atoms with E-state index in [-0.39, 0.29) is 5.56 Å². The summed E-state index contributed by atoms with van der Waals surface area (Å²) in [5.74, 6) is -1.35. The van der Waals surface area contributed by atoms with Crippen LogP contribution in [0.1, 0.15) is 16.0 Å². The van der Waals surface area contributed by atoms with E-state index in [9.17, 15) is 22.4 Å². The molecule has 0 heterocycles. The summed E-state index contributed by atoms with van der Waals surface area (Å²) in [7, 11) is 0. The van der Waals surface area contributed by atoms with Gasteiger partial charge in [-0.2, -0.15) is 13.2 Å². The highest BCUT2D eigenvalue weighted by molar-refractivity contribution is 9.09. The molecule has 0 fully saturated rings. The fourth-order valence-corrected chi connectivity index (χ4v) is 1.30. The van der Waals surface area contributed by atoms with Gasteiger partial charge >= 0.3 is 6.18 Å². The van der Waals surface area contributed by atoms with E-state index in [0.717, 1.165) is 6.07 Å². The quantitative estimate of drug-likeness (QED) is 0.462. The molecule has 1 atom stereocenters. The first-order valence-corrected chi connectivity index (χ1v) is 4.74. The summed E-state index contributed by atoms with van der Waals surface area (Å²) in [5, 5.41) is 0. The molecule has 0 N–H and O–H groups in total. The van der Waals surface area contributed by atoms with Gasteiger partial charge in [0.25, 0.3) is 0 Å². The topological polar surface area (TPSA) is 17.1 Å². The van der Waals surface area contributed by atoms with Crippen molar-refractivity contribution in [3.8, 4) is 0 Å². The van der Waals surface area contributed by atoms with Crippen LogP contribution in [0.4, 0.5) is 17.6 Å². The fraction of sp³-hybridized carbons (Fsp3) is 0.222. The number of hydrogen-bond acceptors (Lipinski definition) is 1. The summed E-state index contributed by atoms with van der Waals surface area (Å²) in [6.07, 6.45) is -4.33. The molecule has 6 heteroatoms. The van der Waals surface area contributed by atoms with Crippen molar-refractivity contribution in [2.24, 2.45) is 0 Å². The van der Waals surface area contributed by atoms with Crippen molar-refractivity contribution < 1.29 is 22.4 Å². The largest absolute Gasteiger partial charge is 0.419 e. The van der Waals surface area contributed by atoms with Crippen LogP contribution in [0.2, 0.25) is 0 Å². The molecular weight excluding hydrogens is 280 g/mol. The van der Waals surface area contributed by atoms with E-state index in [1.54, 1.807) is 0 Å². The summed E-state index contributed by atoms with van der Waals surface area (Å²) in [6, 6.07) is 2.43. The Bertz CT molecular complexity index is 375. The molecule has 1 rings (SSSR count). The van der Waals surface area contributed by atoms with Crippen LogP contribution >= 0.6 is 15.9 Å². The Morgan fingerprint density at radius 1 is 1.33 bits per heavy atom. The molecule has 15 heavy (non-hydrogen) atoms. The first-order valence-electron chi connectivity index (χ1n) is 3.82. The van der Waals surface area contributed by atoms with E-state index in [1.165, 1.54) is 0 Å².